The second-order valence-corrected chi connectivity index (χ2v) is 5.83. The second kappa shape index (κ2) is 9.12. The van der Waals surface area contributed by atoms with Crippen LogP contribution < -0.4 is 10.6 Å². The fourth-order valence-electron chi connectivity index (χ4n) is 2.71. The molecular formula is C18H23N5O3. The Hall–Kier alpha value is -2.71. The molecule has 0 unspecified atom stereocenters. The third-order valence-corrected chi connectivity index (χ3v) is 4.10. The van der Waals surface area contributed by atoms with Crippen molar-refractivity contribution in [1.82, 2.24) is 14.9 Å². The summed E-state index contributed by atoms with van der Waals surface area (Å²) in [7, 11) is 1.36. The molecule has 0 bridgehead atoms. The van der Waals surface area contributed by atoms with Gasteiger partial charge < -0.3 is 20.1 Å². The largest absolute Gasteiger partial charge is 0.465 e. The maximum absolute atomic E-state index is 11.9. The molecule has 1 aliphatic rings. The molecule has 2 heterocycles. The number of anilines is 3. The normalized spacial score (nSPS) is 14.7. The van der Waals surface area contributed by atoms with Crippen molar-refractivity contribution in [2.24, 2.45) is 0 Å². The average molecular weight is 357 g/mol. The van der Waals surface area contributed by atoms with E-state index in [1.165, 1.54) is 13.4 Å². The Bertz CT molecular complexity index is 734. The van der Waals surface area contributed by atoms with Crippen molar-refractivity contribution in [2.45, 2.75) is 0 Å². The Morgan fingerprint density at radius 3 is 2.81 bits per heavy atom. The van der Waals surface area contributed by atoms with Gasteiger partial charge in [0, 0.05) is 32.2 Å². The number of morpholine rings is 1. The zero-order chi connectivity index (χ0) is 18.2. The van der Waals surface area contributed by atoms with Gasteiger partial charge >= 0.3 is 5.97 Å². The van der Waals surface area contributed by atoms with E-state index in [-0.39, 0.29) is 0 Å². The number of benzene rings is 1. The third kappa shape index (κ3) is 4.90. The molecule has 3 rings (SSSR count). The summed E-state index contributed by atoms with van der Waals surface area (Å²) < 4.78 is 10.2. The number of ether oxygens (including phenoxy) is 2. The van der Waals surface area contributed by atoms with Gasteiger partial charge in [0.2, 0.25) is 0 Å². The zero-order valence-electron chi connectivity index (χ0n) is 14.8. The number of para-hydroxylation sites is 1. The van der Waals surface area contributed by atoms with Crippen LogP contribution >= 0.6 is 0 Å². The number of carbonyl (C=O) groups excluding carboxylic acids is 1. The highest BCUT2D eigenvalue weighted by Gasteiger charge is 2.12. The molecule has 2 aromatic rings. The van der Waals surface area contributed by atoms with Gasteiger partial charge in [0.25, 0.3) is 0 Å². The molecule has 0 radical (unpaired) electrons. The van der Waals surface area contributed by atoms with E-state index in [4.69, 9.17) is 9.47 Å². The summed E-state index contributed by atoms with van der Waals surface area (Å²) in [6.45, 7) is 5.23. The number of nitrogens with zero attached hydrogens (tertiary/aromatic N) is 3. The number of esters is 1. The highest BCUT2D eigenvalue weighted by molar-refractivity contribution is 5.96. The van der Waals surface area contributed by atoms with Gasteiger partial charge in [-0.05, 0) is 12.1 Å². The van der Waals surface area contributed by atoms with Crippen LogP contribution in [-0.4, -0.2) is 67.3 Å². The van der Waals surface area contributed by atoms with Crippen molar-refractivity contribution in [3.63, 3.8) is 0 Å². The summed E-state index contributed by atoms with van der Waals surface area (Å²) >= 11 is 0. The Kier molecular flexibility index (Phi) is 6.34. The van der Waals surface area contributed by atoms with Crippen molar-refractivity contribution < 1.29 is 14.3 Å². The van der Waals surface area contributed by atoms with E-state index in [0.29, 0.717) is 17.1 Å². The van der Waals surface area contributed by atoms with E-state index >= 15 is 0 Å². The van der Waals surface area contributed by atoms with E-state index in [9.17, 15) is 4.79 Å². The lowest BCUT2D eigenvalue weighted by atomic mass is 10.2. The number of aromatic nitrogens is 2. The van der Waals surface area contributed by atoms with E-state index in [2.05, 4.69) is 25.5 Å². The second-order valence-electron chi connectivity index (χ2n) is 5.83. The highest BCUT2D eigenvalue weighted by atomic mass is 16.5. The van der Waals surface area contributed by atoms with Crippen LogP contribution in [0.15, 0.2) is 36.7 Å². The first kappa shape index (κ1) is 18.1. The van der Waals surface area contributed by atoms with E-state index in [1.807, 2.05) is 12.1 Å². The lowest BCUT2D eigenvalue weighted by Crippen LogP contribution is -2.39. The van der Waals surface area contributed by atoms with Gasteiger partial charge in [-0.3, -0.25) is 4.90 Å². The van der Waals surface area contributed by atoms with Crippen LogP contribution in [0.5, 0.6) is 0 Å². The molecule has 1 aromatic carbocycles. The number of hydrogen-bond acceptors (Lipinski definition) is 8. The summed E-state index contributed by atoms with van der Waals surface area (Å²) in [4.78, 5) is 22.7. The smallest absolute Gasteiger partial charge is 0.339 e. The van der Waals surface area contributed by atoms with Crippen LogP contribution in [0.3, 0.4) is 0 Å². The number of rotatable bonds is 7. The first-order valence-electron chi connectivity index (χ1n) is 8.56. The van der Waals surface area contributed by atoms with Crippen LogP contribution in [0.25, 0.3) is 0 Å². The van der Waals surface area contributed by atoms with E-state index in [0.717, 1.165) is 45.2 Å². The topological polar surface area (TPSA) is 88.6 Å². The van der Waals surface area contributed by atoms with Crippen molar-refractivity contribution >= 4 is 23.3 Å². The van der Waals surface area contributed by atoms with Crippen molar-refractivity contribution in [3.8, 4) is 0 Å². The lowest BCUT2D eigenvalue weighted by molar-refractivity contribution is 0.0398. The number of nitrogens with one attached hydrogen (secondary N) is 2. The monoisotopic (exact) mass is 357 g/mol. The van der Waals surface area contributed by atoms with Gasteiger partial charge in [-0.25, -0.2) is 14.8 Å². The minimum Gasteiger partial charge on any atom is -0.465 e. The van der Waals surface area contributed by atoms with Crippen LogP contribution in [0.1, 0.15) is 10.4 Å². The Morgan fingerprint density at radius 2 is 2.00 bits per heavy atom. The number of methoxy groups -OCH3 is 1. The molecule has 1 saturated heterocycles. The SMILES string of the molecule is COC(=O)c1ccccc1Nc1cc(NCCN2CCOCC2)ncn1. The Labute approximate surface area is 152 Å². The van der Waals surface area contributed by atoms with Crippen LogP contribution in [-0.2, 0) is 9.47 Å². The highest BCUT2D eigenvalue weighted by Crippen LogP contribution is 2.21. The lowest BCUT2D eigenvalue weighted by Gasteiger charge is -2.26. The fourth-order valence-corrected chi connectivity index (χ4v) is 2.71. The molecule has 1 aromatic heterocycles. The first-order chi connectivity index (χ1) is 12.8. The summed E-state index contributed by atoms with van der Waals surface area (Å²) in [5.74, 6) is 0.933. The predicted octanol–water partition coefficient (Wildman–Crippen LogP) is 1.75. The molecule has 8 heteroatoms. The molecule has 2 N–H and O–H groups in total. The van der Waals surface area contributed by atoms with Crippen LogP contribution in [0.2, 0.25) is 0 Å². The van der Waals surface area contributed by atoms with Gasteiger partial charge in [0.05, 0.1) is 31.6 Å². The van der Waals surface area contributed by atoms with Gasteiger partial charge in [0.1, 0.15) is 18.0 Å². The molecule has 8 nitrogen and oxygen atoms in total. The molecule has 0 atom stereocenters. The molecular weight excluding hydrogens is 334 g/mol. The Morgan fingerprint density at radius 1 is 1.23 bits per heavy atom. The minimum atomic E-state index is -0.397. The Balaban J connectivity index is 1.60. The standard InChI is InChI=1S/C18H23N5O3/c1-25-18(24)14-4-2-3-5-15(14)22-17-12-16(20-13-21-17)19-6-7-23-8-10-26-11-9-23/h2-5,12-13H,6-11H2,1H3,(H2,19,20,21,22). The van der Waals surface area contributed by atoms with E-state index in [1.54, 1.807) is 18.2 Å². The van der Waals surface area contributed by atoms with Crippen molar-refractivity contribution in [2.75, 3.05) is 57.1 Å². The number of hydrogen-bond donors (Lipinski definition) is 2. The summed E-state index contributed by atoms with van der Waals surface area (Å²) in [6.07, 6.45) is 1.49. The fraction of sp³-hybridized carbons (Fsp3) is 0.389. The van der Waals surface area contributed by atoms with Gasteiger partial charge in [-0.15, -0.1) is 0 Å². The minimum absolute atomic E-state index is 0.397. The molecule has 0 spiro atoms. The maximum Gasteiger partial charge on any atom is 0.339 e. The summed E-state index contributed by atoms with van der Waals surface area (Å²) in [6, 6.07) is 8.96. The maximum atomic E-state index is 11.9. The summed E-state index contributed by atoms with van der Waals surface area (Å²) in [5, 5.41) is 6.45. The summed E-state index contributed by atoms with van der Waals surface area (Å²) in [5.41, 5.74) is 1.09. The first-order valence-corrected chi connectivity index (χ1v) is 8.56. The molecule has 138 valence electrons. The van der Waals surface area contributed by atoms with Crippen molar-refractivity contribution in [1.29, 1.82) is 0 Å². The average Bonchev–Trinajstić information content (AvgIpc) is 2.69. The van der Waals surface area contributed by atoms with E-state index < -0.39 is 5.97 Å². The van der Waals surface area contributed by atoms with Crippen LogP contribution in [0, 0.1) is 0 Å². The zero-order valence-corrected chi connectivity index (χ0v) is 14.8. The molecule has 0 saturated carbocycles. The number of carbonyl (C=O) groups is 1. The van der Waals surface area contributed by atoms with Crippen LogP contribution in [0.4, 0.5) is 17.3 Å². The predicted molar refractivity (Wildman–Crippen MR) is 98.8 cm³/mol. The molecule has 1 aliphatic heterocycles. The molecule has 1 fully saturated rings. The molecule has 0 amide bonds. The van der Waals surface area contributed by atoms with Gasteiger partial charge in [-0.2, -0.15) is 0 Å². The van der Waals surface area contributed by atoms with Gasteiger partial charge in [0.15, 0.2) is 0 Å². The molecule has 0 aliphatic carbocycles. The quantitative estimate of drug-likeness (QED) is 0.725. The van der Waals surface area contributed by atoms with Crippen molar-refractivity contribution in [3.05, 3.63) is 42.2 Å². The van der Waals surface area contributed by atoms with Gasteiger partial charge in [-0.1, -0.05) is 12.1 Å². The third-order valence-electron chi connectivity index (χ3n) is 4.10. The molecule has 26 heavy (non-hydrogen) atoms.